The average Bonchev–Trinajstić information content (AvgIpc) is 2.19. The quantitative estimate of drug-likeness (QED) is 0.906. The van der Waals surface area contributed by atoms with Gasteiger partial charge in [0.1, 0.15) is 0 Å². The van der Waals surface area contributed by atoms with Crippen molar-refractivity contribution in [3.8, 4) is 0 Å². The fourth-order valence-electron chi connectivity index (χ4n) is 1.52. The van der Waals surface area contributed by atoms with Gasteiger partial charge >= 0.3 is 0 Å². The molecular formula is C12H18BrNOS. The van der Waals surface area contributed by atoms with Crippen molar-refractivity contribution in [1.82, 2.24) is 5.32 Å². The second-order valence-corrected chi connectivity index (χ2v) is 6.44. The summed E-state index contributed by atoms with van der Waals surface area (Å²) in [7, 11) is -0.732. The SMILES string of the molecule is Cc1cc(CNC(C)CS(C)=O)ccc1Br. The van der Waals surface area contributed by atoms with Crippen LogP contribution in [0.25, 0.3) is 0 Å². The van der Waals surface area contributed by atoms with Crippen molar-refractivity contribution in [1.29, 1.82) is 0 Å². The fourth-order valence-corrected chi connectivity index (χ4v) is 2.59. The molecule has 1 rings (SSSR count). The molecule has 1 N–H and O–H groups in total. The van der Waals surface area contributed by atoms with Crippen LogP contribution in [0.1, 0.15) is 18.1 Å². The Morgan fingerprint density at radius 2 is 2.19 bits per heavy atom. The third kappa shape index (κ3) is 4.76. The molecule has 0 saturated carbocycles. The van der Waals surface area contributed by atoms with Crippen LogP contribution >= 0.6 is 15.9 Å². The number of benzene rings is 1. The van der Waals surface area contributed by atoms with Gasteiger partial charge in [-0.1, -0.05) is 28.1 Å². The van der Waals surface area contributed by atoms with Gasteiger partial charge in [-0.15, -0.1) is 0 Å². The summed E-state index contributed by atoms with van der Waals surface area (Å²) in [5.41, 5.74) is 2.50. The summed E-state index contributed by atoms with van der Waals surface area (Å²) in [6, 6.07) is 6.61. The Morgan fingerprint density at radius 1 is 1.50 bits per heavy atom. The second-order valence-electron chi connectivity index (χ2n) is 4.11. The van der Waals surface area contributed by atoms with Gasteiger partial charge in [0.2, 0.25) is 0 Å². The lowest BCUT2D eigenvalue weighted by atomic mass is 10.1. The minimum absolute atomic E-state index is 0.287. The van der Waals surface area contributed by atoms with Gasteiger partial charge < -0.3 is 5.32 Å². The number of aryl methyl sites for hydroxylation is 1. The van der Waals surface area contributed by atoms with Crippen LogP contribution in [0.3, 0.4) is 0 Å². The Balaban J connectivity index is 2.48. The molecule has 16 heavy (non-hydrogen) atoms. The van der Waals surface area contributed by atoms with Crippen LogP contribution in [0.4, 0.5) is 0 Å². The van der Waals surface area contributed by atoms with E-state index in [9.17, 15) is 4.21 Å². The summed E-state index contributed by atoms with van der Waals surface area (Å²) in [6.07, 6.45) is 1.74. The first-order chi connectivity index (χ1) is 7.49. The molecule has 0 saturated heterocycles. The molecule has 0 bridgehead atoms. The lowest BCUT2D eigenvalue weighted by Crippen LogP contribution is -2.30. The molecule has 0 fully saturated rings. The summed E-state index contributed by atoms with van der Waals surface area (Å²) in [5, 5.41) is 3.37. The molecule has 0 aromatic heterocycles. The number of nitrogens with one attached hydrogen (secondary N) is 1. The molecule has 0 spiro atoms. The molecule has 0 heterocycles. The average molecular weight is 304 g/mol. The van der Waals surface area contributed by atoms with E-state index in [0.717, 1.165) is 11.0 Å². The van der Waals surface area contributed by atoms with Gasteiger partial charge in [0.05, 0.1) is 0 Å². The van der Waals surface area contributed by atoms with Crippen molar-refractivity contribution in [2.75, 3.05) is 12.0 Å². The van der Waals surface area contributed by atoms with Crippen LogP contribution in [0.15, 0.2) is 22.7 Å². The predicted octanol–water partition coefficient (Wildman–Crippen LogP) is 2.61. The molecule has 4 heteroatoms. The topological polar surface area (TPSA) is 29.1 Å². The molecule has 0 radical (unpaired) electrons. The highest BCUT2D eigenvalue weighted by Gasteiger charge is 2.04. The molecule has 0 aliphatic rings. The van der Waals surface area contributed by atoms with Crippen molar-refractivity contribution >= 4 is 26.7 Å². The molecule has 2 unspecified atom stereocenters. The van der Waals surface area contributed by atoms with E-state index in [4.69, 9.17) is 0 Å². The third-order valence-corrected chi connectivity index (χ3v) is 4.22. The van der Waals surface area contributed by atoms with E-state index >= 15 is 0 Å². The minimum atomic E-state index is -0.732. The normalized spacial score (nSPS) is 14.8. The molecule has 90 valence electrons. The van der Waals surface area contributed by atoms with Gasteiger partial charge in [0.25, 0.3) is 0 Å². The molecule has 0 amide bonds. The first-order valence-corrected chi connectivity index (χ1v) is 7.79. The smallest absolute Gasteiger partial charge is 0.0383 e. The van der Waals surface area contributed by atoms with E-state index < -0.39 is 10.8 Å². The molecule has 0 aliphatic carbocycles. The summed E-state index contributed by atoms with van der Waals surface area (Å²) in [4.78, 5) is 0. The zero-order valence-electron chi connectivity index (χ0n) is 9.92. The lowest BCUT2D eigenvalue weighted by Gasteiger charge is -2.12. The van der Waals surface area contributed by atoms with E-state index in [1.165, 1.54) is 11.1 Å². The monoisotopic (exact) mass is 303 g/mol. The first-order valence-electron chi connectivity index (χ1n) is 5.27. The van der Waals surface area contributed by atoms with Crippen LogP contribution in [0.5, 0.6) is 0 Å². The molecule has 1 aromatic rings. The number of hydrogen-bond donors (Lipinski definition) is 1. The van der Waals surface area contributed by atoms with Gasteiger partial charge in [-0.2, -0.15) is 0 Å². The van der Waals surface area contributed by atoms with Crippen molar-refractivity contribution in [3.63, 3.8) is 0 Å². The highest BCUT2D eigenvalue weighted by Crippen LogP contribution is 2.16. The Kier molecular flexibility index (Phi) is 5.66. The Labute approximate surface area is 108 Å². The Bertz CT molecular complexity index is 381. The van der Waals surface area contributed by atoms with E-state index in [1.54, 1.807) is 6.26 Å². The second kappa shape index (κ2) is 6.52. The number of halogens is 1. The maximum absolute atomic E-state index is 11.0. The maximum atomic E-state index is 11.0. The summed E-state index contributed by atoms with van der Waals surface area (Å²) >= 11 is 3.48. The van der Waals surface area contributed by atoms with Gasteiger partial charge in [-0.05, 0) is 31.0 Å². The molecule has 2 nitrogen and oxygen atoms in total. The molecular weight excluding hydrogens is 286 g/mol. The third-order valence-electron chi connectivity index (χ3n) is 2.36. The summed E-state index contributed by atoms with van der Waals surface area (Å²) in [5.74, 6) is 0.704. The van der Waals surface area contributed by atoms with Crippen LogP contribution in [0, 0.1) is 6.92 Å². The van der Waals surface area contributed by atoms with Gasteiger partial charge in [-0.25, -0.2) is 0 Å². The Hall–Kier alpha value is -0.190. The zero-order valence-corrected chi connectivity index (χ0v) is 12.3. The van der Waals surface area contributed by atoms with E-state index in [0.29, 0.717) is 5.75 Å². The van der Waals surface area contributed by atoms with Crippen molar-refractivity contribution in [2.45, 2.75) is 26.4 Å². The standard InChI is InChI=1S/C12H18BrNOS/c1-9-6-11(4-5-12(9)13)7-14-10(2)8-16(3)15/h4-6,10,14H,7-8H2,1-3H3. The fraction of sp³-hybridized carbons (Fsp3) is 0.500. The highest BCUT2D eigenvalue weighted by molar-refractivity contribution is 9.10. The summed E-state index contributed by atoms with van der Waals surface area (Å²) in [6.45, 7) is 4.97. The van der Waals surface area contributed by atoms with Crippen molar-refractivity contribution in [3.05, 3.63) is 33.8 Å². The van der Waals surface area contributed by atoms with E-state index in [2.05, 4.69) is 53.3 Å². The first kappa shape index (κ1) is 13.9. The van der Waals surface area contributed by atoms with Gasteiger partial charge in [0, 0.05) is 39.9 Å². The van der Waals surface area contributed by atoms with Crippen molar-refractivity contribution < 1.29 is 4.21 Å². The molecule has 2 atom stereocenters. The largest absolute Gasteiger partial charge is 0.309 e. The summed E-state index contributed by atoms with van der Waals surface area (Å²) < 4.78 is 12.2. The Morgan fingerprint density at radius 3 is 2.75 bits per heavy atom. The maximum Gasteiger partial charge on any atom is 0.0383 e. The molecule has 0 aliphatic heterocycles. The van der Waals surface area contributed by atoms with Gasteiger partial charge in [0.15, 0.2) is 0 Å². The van der Waals surface area contributed by atoms with Crippen molar-refractivity contribution in [2.24, 2.45) is 0 Å². The lowest BCUT2D eigenvalue weighted by molar-refractivity contribution is 0.587. The minimum Gasteiger partial charge on any atom is -0.309 e. The number of hydrogen-bond acceptors (Lipinski definition) is 2. The molecule has 1 aromatic carbocycles. The van der Waals surface area contributed by atoms with E-state index in [1.807, 2.05) is 0 Å². The zero-order chi connectivity index (χ0) is 12.1. The van der Waals surface area contributed by atoms with Crippen LogP contribution in [0.2, 0.25) is 0 Å². The van der Waals surface area contributed by atoms with E-state index in [-0.39, 0.29) is 6.04 Å². The van der Waals surface area contributed by atoms with Crippen LogP contribution < -0.4 is 5.32 Å². The van der Waals surface area contributed by atoms with Crippen LogP contribution in [-0.4, -0.2) is 22.3 Å². The van der Waals surface area contributed by atoms with Crippen LogP contribution in [-0.2, 0) is 17.3 Å². The predicted molar refractivity (Wildman–Crippen MR) is 74.1 cm³/mol. The van der Waals surface area contributed by atoms with Gasteiger partial charge in [-0.3, -0.25) is 4.21 Å². The number of rotatable bonds is 5. The highest BCUT2D eigenvalue weighted by atomic mass is 79.9.